The molecule has 0 nitrogen and oxygen atoms in total. The summed E-state index contributed by atoms with van der Waals surface area (Å²) in [7, 11) is 3.60. The van der Waals surface area contributed by atoms with Crippen molar-refractivity contribution in [1.82, 2.24) is 0 Å². The highest BCUT2D eigenvalue weighted by Gasteiger charge is 2.09. The second kappa shape index (κ2) is 5.18. The van der Waals surface area contributed by atoms with Gasteiger partial charge in [-0.1, -0.05) is 61.0 Å². The first-order chi connectivity index (χ1) is 9.33. The van der Waals surface area contributed by atoms with Gasteiger partial charge in [-0.3, -0.25) is 0 Å². The van der Waals surface area contributed by atoms with Crippen LogP contribution in [0.1, 0.15) is 17.5 Å². The van der Waals surface area contributed by atoms with Gasteiger partial charge in [-0.15, -0.1) is 0 Å². The summed E-state index contributed by atoms with van der Waals surface area (Å²) in [4.78, 5) is 0. The predicted molar refractivity (Wildman–Crippen MR) is 85.1 cm³/mol. The van der Waals surface area contributed by atoms with Gasteiger partial charge in [-0.25, -0.2) is 0 Å². The number of hydrogen-bond acceptors (Lipinski definition) is 0. The van der Waals surface area contributed by atoms with E-state index in [1.54, 1.807) is 0 Å². The van der Waals surface area contributed by atoms with Gasteiger partial charge < -0.3 is 0 Å². The molecule has 0 spiro atoms. The zero-order valence-corrected chi connectivity index (χ0v) is 12.2. The molecular formula is C18H17Si. The van der Waals surface area contributed by atoms with E-state index in [0.29, 0.717) is 0 Å². The minimum absolute atomic E-state index is 1.05. The van der Waals surface area contributed by atoms with E-state index >= 15 is 0 Å². The van der Waals surface area contributed by atoms with Gasteiger partial charge in [0.1, 0.15) is 0 Å². The molecule has 19 heavy (non-hydrogen) atoms. The quantitative estimate of drug-likeness (QED) is 0.468. The summed E-state index contributed by atoms with van der Waals surface area (Å²) in [6.07, 6.45) is 2.30. The summed E-state index contributed by atoms with van der Waals surface area (Å²) in [5, 5.41) is 5.62. The van der Waals surface area contributed by atoms with E-state index in [9.17, 15) is 0 Å². The molecule has 1 heteroatoms. The Kier molecular flexibility index (Phi) is 3.39. The Morgan fingerprint density at radius 3 is 1.74 bits per heavy atom. The van der Waals surface area contributed by atoms with Crippen molar-refractivity contribution in [3.63, 3.8) is 0 Å². The van der Waals surface area contributed by atoms with Gasteiger partial charge in [0, 0.05) is 10.2 Å². The summed E-state index contributed by atoms with van der Waals surface area (Å²) >= 11 is 0. The lowest BCUT2D eigenvalue weighted by molar-refractivity contribution is 0.933. The van der Waals surface area contributed by atoms with Crippen LogP contribution in [0, 0.1) is 6.92 Å². The summed E-state index contributed by atoms with van der Waals surface area (Å²) in [6.45, 7) is 2.23. The molecule has 3 aromatic carbocycles. The van der Waals surface area contributed by atoms with Crippen LogP contribution in [0.3, 0.4) is 0 Å². The summed E-state index contributed by atoms with van der Waals surface area (Å²) in [5.74, 6) is 0. The number of fused-ring (bicyclic) bond motifs is 2. The molecule has 93 valence electrons. The zero-order chi connectivity index (χ0) is 13.2. The second-order valence-corrected chi connectivity index (χ2v) is 5.55. The van der Waals surface area contributed by atoms with Crippen LogP contribution < -0.4 is 0 Å². The molecule has 3 radical (unpaired) electrons. The van der Waals surface area contributed by atoms with Gasteiger partial charge in [0.05, 0.1) is 0 Å². The minimum atomic E-state index is 1.05. The van der Waals surface area contributed by atoms with E-state index in [2.05, 4.69) is 65.7 Å². The van der Waals surface area contributed by atoms with Crippen LogP contribution in [0.25, 0.3) is 21.5 Å². The summed E-state index contributed by atoms with van der Waals surface area (Å²) in [5.41, 5.74) is 2.89. The van der Waals surface area contributed by atoms with Gasteiger partial charge in [0.15, 0.2) is 0 Å². The Labute approximate surface area is 117 Å². The van der Waals surface area contributed by atoms with Crippen molar-refractivity contribution in [2.24, 2.45) is 0 Å². The summed E-state index contributed by atoms with van der Waals surface area (Å²) < 4.78 is 0. The molecule has 0 N–H and O–H groups in total. The second-order valence-electron chi connectivity index (χ2n) is 5.05. The molecule has 0 fully saturated rings. The molecule has 0 unspecified atom stereocenters. The van der Waals surface area contributed by atoms with Crippen molar-refractivity contribution < 1.29 is 0 Å². The number of aryl methyl sites for hydroxylation is 2. The third-order valence-electron chi connectivity index (χ3n) is 3.92. The maximum absolute atomic E-state index is 3.60. The van der Waals surface area contributed by atoms with Crippen LogP contribution in [0.4, 0.5) is 0 Å². The Hall–Kier alpha value is -1.60. The fourth-order valence-corrected chi connectivity index (χ4v) is 3.15. The zero-order valence-electron chi connectivity index (χ0n) is 11.2. The number of benzene rings is 3. The minimum Gasteiger partial charge on any atom is -0.0635 e. The first kappa shape index (κ1) is 12.4. The molecule has 0 aliphatic carbocycles. The van der Waals surface area contributed by atoms with Crippen LogP contribution >= 0.6 is 0 Å². The highest BCUT2D eigenvalue weighted by molar-refractivity contribution is 6.08. The van der Waals surface area contributed by atoms with Crippen LogP contribution in [-0.4, -0.2) is 10.2 Å². The number of hydrogen-bond donors (Lipinski definition) is 0. The maximum atomic E-state index is 3.60. The molecule has 0 amide bonds. The lowest BCUT2D eigenvalue weighted by Crippen LogP contribution is -1.93. The van der Waals surface area contributed by atoms with E-state index in [-0.39, 0.29) is 0 Å². The molecule has 0 aromatic heterocycles. The van der Waals surface area contributed by atoms with Crippen LogP contribution in [-0.2, 0) is 6.42 Å². The Morgan fingerprint density at radius 1 is 0.789 bits per heavy atom. The topological polar surface area (TPSA) is 0 Å². The monoisotopic (exact) mass is 261 g/mol. The first-order valence-electron chi connectivity index (χ1n) is 6.86. The average Bonchev–Trinajstić information content (AvgIpc) is 2.47. The van der Waals surface area contributed by atoms with Crippen LogP contribution in [0.15, 0.2) is 48.5 Å². The van der Waals surface area contributed by atoms with E-state index < -0.39 is 0 Å². The largest absolute Gasteiger partial charge is 0.0635 e. The molecular weight excluding hydrogens is 244 g/mol. The average molecular weight is 261 g/mol. The van der Waals surface area contributed by atoms with Crippen LogP contribution in [0.2, 0.25) is 6.04 Å². The normalized spacial score (nSPS) is 11.3. The molecule has 0 heterocycles. The standard InChI is InChI=1S/C18H17Si/c1-13-14-7-2-4-9-16(14)18(11-6-12-19)17-10-5-3-8-15(13)17/h2-5,7-10H,6,11-12H2,1H3. The lowest BCUT2D eigenvalue weighted by atomic mass is 9.90. The van der Waals surface area contributed by atoms with Crippen molar-refractivity contribution >= 4 is 31.8 Å². The predicted octanol–water partition coefficient (Wildman–Crippen LogP) is 4.82. The first-order valence-corrected chi connectivity index (χ1v) is 7.57. The fourth-order valence-electron chi connectivity index (χ4n) is 2.97. The smallest absolute Gasteiger partial charge is 0.0222 e. The van der Waals surface area contributed by atoms with E-state index in [4.69, 9.17) is 0 Å². The van der Waals surface area contributed by atoms with E-state index in [0.717, 1.165) is 12.5 Å². The lowest BCUT2D eigenvalue weighted by Gasteiger charge is -2.14. The van der Waals surface area contributed by atoms with Gasteiger partial charge in [-0.2, -0.15) is 0 Å². The fraction of sp³-hybridized carbons (Fsp3) is 0.222. The molecule has 0 aliphatic heterocycles. The molecule has 3 aromatic rings. The molecule has 3 rings (SSSR count). The molecule has 0 bridgehead atoms. The van der Waals surface area contributed by atoms with Crippen molar-refractivity contribution in [1.29, 1.82) is 0 Å². The van der Waals surface area contributed by atoms with E-state index in [1.807, 2.05) is 0 Å². The van der Waals surface area contributed by atoms with Gasteiger partial charge in [-0.05, 0) is 46.0 Å². The SMILES string of the molecule is Cc1c2ccccc2c(CCC[Si])c2ccccc12. The highest BCUT2D eigenvalue weighted by Crippen LogP contribution is 2.33. The van der Waals surface area contributed by atoms with Crippen molar-refractivity contribution in [3.8, 4) is 0 Å². The van der Waals surface area contributed by atoms with Crippen molar-refractivity contribution in [2.75, 3.05) is 0 Å². The van der Waals surface area contributed by atoms with Gasteiger partial charge >= 0.3 is 0 Å². The maximum Gasteiger partial charge on any atom is 0.0222 e. The molecule has 0 atom stereocenters. The van der Waals surface area contributed by atoms with Crippen molar-refractivity contribution in [3.05, 3.63) is 59.7 Å². The Bertz CT molecular complexity index is 671. The third-order valence-corrected chi connectivity index (χ3v) is 4.27. The molecule has 0 saturated carbocycles. The molecule has 0 aliphatic rings. The van der Waals surface area contributed by atoms with Gasteiger partial charge in [0.25, 0.3) is 0 Å². The van der Waals surface area contributed by atoms with Crippen LogP contribution in [0.5, 0.6) is 0 Å². The Morgan fingerprint density at radius 2 is 1.26 bits per heavy atom. The number of rotatable bonds is 3. The third kappa shape index (κ3) is 2.08. The Balaban J connectivity index is 2.42. The van der Waals surface area contributed by atoms with Crippen molar-refractivity contribution in [2.45, 2.75) is 25.8 Å². The van der Waals surface area contributed by atoms with E-state index in [1.165, 1.54) is 39.1 Å². The van der Waals surface area contributed by atoms with Gasteiger partial charge in [0.2, 0.25) is 0 Å². The highest BCUT2D eigenvalue weighted by atomic mass is 28.1. The molecule has 0 saturated heterocycles. The summed E-state index contributed by atoms with van der Waals surface area (Å²) in [6, 6.07) is 18.6.